The summed E-state index contributed by atoms with van der Waals surface area (Å²) in [7, 11) is 0. The van der Waals surface area contributed by atoms with Gasteiger partial charge < -0.3 is 10.2 Å². The Labute approximate surface area is 130 Å². The Morgan fingerprint density at radius 2 is 2.06 bits per heavy atom. The quantitative estimate of drug-likeness (QED) is 0.435. The molecule has 0 radical (unpaired) electrons. The Morgan fingerprint density at radius 1 is 1.47 bits per heavy atom. The van der Waals surface area contributed by atoms with Crippen LogP contribution in [0.3, 0.4) is 0 Å². The molecule has 1 N–H and O–H groups in total. The summed E-state index contributed by atoms with van der Waals surface area (Å²) >= 11 is 3.34. The normalized spacial score (nSPS) is 17.6. The van der Waals surface area contributed by atoms with Crippen molar-refractivity contribution < 1.29 is 0 Å². The van der Waals surface area contributed by atoms with E-state index in [2.05, 4.69) is 51.6 Å². The molecule has 0 bridgehead atoms. The van der Waals surface area contributed by atoms with Crippen LogP contribution in [0, 0.1) is 5.92 Å². The molecule has 0 unspecified atom stereocenters. The number of piperidine rings is 1. The monoisotopic (exact) mass is 415 g/mol. The third kappa shape index (κ3) is 6.64. The zero-order valence-corrected chi connectivity index (χ0v) is 14.6. The van der Waals surface area contributed by atoms with Crippen LogP contribution >= 0.6 is 39.9 Å². The first-order valence-electron chi connectivity index (χ1n) is 6.00. The maximum absolute atomic E-state index is 4.55. The summed E-state index contributed by atoms with van der Waals surface area (Å²) in [4.78, 5) is 6.89. The first kappa shape index (κ1) is 17.2. The van der Waals surface area contributed by atoms with Crippen molar-refractivity contribution in [1.82, 2.24) is 10.2 Å². The fourth-order valence-electron chi connectivity index (χ4n) is 1.81. The third-order valence-electron chi connectivity index (χ3n) is 2.82. The SMILES string of the molecule is C=C(Br)CN=C(NCC)N1CCC(C)CC1.I. The molecule has 0 aliphatic carbocycles. The number of aliphatic imine (C=N–C) groups is 1. The molecule has 1 rings (SSSR count). The molecule has 0 amide bonds. The van der Waals surface area contributed by atoms with E-state index in [0.29, 0.717) is 6.54 Å². The van der Waals surface area contributed by atoms with Crippen molar-refractivity contribution in [3.05, 3.63) is 11.1 Å². The Bertz CT molecular complexity index is 260. The fraction of sp³-hybridized carbons (Fsp3) is 0.750. The van der Waals surface area contributed by atoms with Gasteiger partial charge in [0.25, 0.3) is 0 Å². The number of hydrogen-bond acceptors (Lipinski definition) is 1. The van der Waals surface area contributed by atoms with Gasteiger partial charge in [0, 0.05) is 24.1 Å². The van der Waals surface area contributed by atoms with Crippen LogP contribution in [0.25, 0.3) is 0 Å². The summed E-state index contributed by atoms with van der Waals surface area (Å²) in [5.41, 5.74) is 0. The van der Waals surface area contributed by atoms with Crippen LogP contribution in [0.15, 0.2) is 16.1 Å². The molecule has 1 aliphatic rings. The minimum absolute atomic E-state index is 0. The lowest BCUT2D eigenvalue weighted by atomic mass is 10.00. The number of halogens is 2. The lowest BCUT2D eigenvalue weighted by molar-refractivity contribution is 0.273. The fourth-order valence-corrected chi connectivity index (χ4v) is 1.93. The van der Waals surface area contributed by atoms with Gasteiger partial charge in [0.1, 0.15) is 0 Å². The smallest absolute Gasteiger partial charge is 0.194 e. The van der Waals surface area contributed by atoms with Gasteiger partial charge in [-0.15, -0.1) is 24.0 Å². The second kappa shape index (κ2) is 9.19. The molecule has 3 nitrogen and oxygen atoms in total. The number of hydrogen-bond donors (Lipinski definition) is 1. The molecule has 0 saturated carbocycles. The van der Waals surface area contributed by atoms with Gasteiger partial charge in [0.2, 0.25) is 0 Å². The summed E-state index contributed by atoms with van der Waals surface area (Å²) in [5.74, 6) is 1.88. The van der Waals surface area contributed by atoms with Crippen molar-refractivity contribution in [3.8, 4) is 0 Å². The highest BCUT2D eigenvalue weighted by atomic mass is 127. The maximum atomic E-state index is 4.55. The zero-order valence-electron chi connectivity index (χ0n) is 10.7. The highest BCUT2D eigenvalue weighted by molar-refractivity contribution is 14.0. The van der Waals surface area contributed by atoms with E-state index < -0.39 is 0 Å². The Kier molecular flexibility index (Phi) is 9.31. The van der Waals surface area contributed by atoms with Crippen molar-refractivity contribution in [2.75, 3.05) is 26.2 Å². The van der Waals surface area contributed by atoms with Gasteiger partial charge in [0.15, 0.2) is 5.96 Å². The summed E-state index contributed by atoms with van der Waals surface area (Å²) in [5, 5.41) is 3.34. The van der Waals surface area contributed by atoms with E-state index >= 15 is 0 Å². The van der Waals surface area contributed by atoms with Crippen molar-refractivity contribution in [1.29, 1.82) is 0 Å². The number of nitrogens with zero attached hydrogens (tertiary/aromatic N) is 2. The standard InChI is InChI=1S/C12H22BrN3.HI/c1-4-14-12(15-9-11(3)13)16-7-5-10(2)6-8-16;/h10H,3-9H2,1-2H3,(H,14,15);1H. The highest BCUT2D eigenvalue weighted by Crippen LogP contribution is 2.16. The van der Waals surface area contributed by atoms with Gasteiger partial charge in [-0.25, -0.2) is 4.99 Å². The number of rotatable bonds is 3. The van der Waals surface area contributed by atoms with Crippen LogP contribution in [0.2, 0.25) is 0 Å². The van der Waals surface area contributed by atoms with Gasteiger partial charge >= 0.3 is 0 Å². The number of guanidine groups is 1. The molecule has 0 atom stereocenters. The van der Waals surface area contributed by atoms with E-state index in [1.54, 1.807) is 0 Å². The molecular weight excluding hydrogens is 393 g/mol. The minimum Gasteiger partial charge on any atom is -0.357 e. The summed E-state index contributed by atoms with van der Waals surface area (Å²) < 4.78 is 0.924. The highest BCUT2D eigenvalue weighted by Gasteiger charge is 2.18. The molecule has 0 spiro atoms. The molecule has 17 heavy (non-hydrogen) atoms. The Morgan fingerprint density at radius 3 is 2.53 bits per heavy atom. The minimum atomic E-state index is 0. The van der Waals surface area contributed by atoms with Gasteiger partial charge in [-0.2, -0.15) is 0 Å². The van der Waals surface area contributed by atoms with Crippen molar-refractivity contribution in [2.24, 2.45) is 10.9 Å². The van der Waals surface area contributed by atoms with Gasteiger partial charge in [-0.05, 0) is 25.7 Å². The third-order valence-corrected chi connectivity index (χ3v) is 3.07. The first-order chi connectivity index (χ1) is 7.63. The predicted molar refractivity (Wildman–Crippen MR) is 89.4 cm³/mol. The van der Waals surface area contributed by atoms with Crippen LogP contribution in [0.4, 0.5) is 0 Å². The zero-order chi connectivity index (χ0) is 12.0. The Balaban J connectivity index is 0.00000256. The van der Waals surface area contributed by atoms with Crippen LogP contribution in [0.1, 0.15) is 26.7 Å². The molecule has 1 heterocycles. The predicted octanol–water partition coefficient (Wildman–Crippen LogP) is 3.21. The van der Waals surface area contributed by atoms with Crippen LogP contribution in [-0.2, 0) is 0 Å². The van der Waals surface area contributed by atoms with Crippen LogP contribution < -0.4 is 5.32 Å². The molecule has 100 valence electrons. The number of nitrogens with one attached hydrogen (secondary N) is 1. The lowest BCUT2D eigenvalue weighted by Gasteiger charge is -2.32. The molecule has 1 fully saturated rings. The van der Waals surface area contributed by atoms with E-state index in [1.807, 2.05) is 0 Å². The molecule has 0 aromatic rings. The summed E-state index contributed by atoms with van der Waals surface area (Å²) in [6, 6.07) is 0. The molecule has 1 aliphatic heterocycles. The lowest BCUT2D eigenvalue weighted by Crippen LogP contribution is -2.45. The number of likely N-dealkylation sites (tertiary alicyclic amines) is 1. The van der Waals surface area contributed by atoms with Crippen molar-refractivity contribution in [2.45, 2.75) is 26.7 Å². The van der Waals surface area contributed by atoms with Crippen molar-refractivity contribution in [3.63, 3.8) is 0 Å². The van der Waals surface area contributed by atoms with E-state index in [1.165, 1.54) is 12.8 Å². The average molecular weight is 416 g/mol. The maximum Gasteiger partial charge on any atom is 0.194 e. The van der Waals surface area contributed by atoms with Crippen LogP contribution in [0.5, 0.6) is 0 Å². The first-order valence-corrected chi connectivity index (χ1v) is 6.79. The van der Waals surface area contributed by atoms with E-state index in [-0.39, 0.29) is 24.0 Å². The van der Waals surface area contributed by atoms with Crippen LogP contribution in [-0.4, -0.2) is 37.0 Å². The van der Waals surface area contributed by atoms with Crippen molar-refractivity contribution >= 4 is 45.9 Å². The summed E-state index contributed by atoms with van der Waals surface area (Å²) in [6.07, 6.45) is 2.53. The largest absolute Gasteiger partial charge is 0.357 e. The van der Waals surface area contributed by atoms with E-state index in [4.69, 9.17) is 0 Å². The molecule has 5 heteroatoms. The average Bonchev–Trinajstić information content (AvgIpc) is 2.25. The molecule has 0 aromatic carbocycles. The van der Waals surface area contributed by atoms with Gasteiger partial charge in [0.05, 0.1) is 6.54 Å². The molecular formula is C12H23BrIN3. The molecule has 0 aromatic heterocycles. The Hall–Kier alpha value is 0.220. The topological polar surface area (TPSA) is 27.6 Å². The van der Waals surface area contributed by atoms with Gasteiger partial charge in [-0.3, -0.25) is 0 Å². The van der Waals surface area contributed by atoms with E-state index in [0.717, 1.165) is 36.0 Å². The molecule has 1 saturated heterocycles. The second-order valence-electron chi connectivity index (χ2n) is 4.36. The van der Waals surface area contributed by atoms with Gasteiger partial charge in [-0.1, -0.05) is 29.4 Å². The van der Waals surface area contributed by atoms with E-state index in [9.17, 15) is 0 Å². The second-order valence-corrected chi connectivity index (χ2v) is 5.48. The summed E-state index contributed by atoms with van der Waals surface area (Å²) in [6.45, 7) is 12.0.